The van der Waals surface area contributed by atoms with E-state index in [9.17, 15) is 0 Å². The first-order valence-corrected chi connectivity index (χ1v) is 11.1. The minimum absolute atomic E-state index is 0.866. The van der Waals surface area contributed by atoms with Crippen molar-refractivity contribution in [2.24, 2.45) is 0 Å². The van der Waals surface area contributed by atoms with Crippen molar-refractivity contribution < 1.29 is 0 Å². The third-order valence-electron chi connectivity index (χ3n) is 4.18. The second-order valence-electron chi connectivity index (χ2n) is 5.91. The zero-order valence-electron chi connectivity index (χ0n) is 13.0. The van der Waals surface area contributed by atoms with Crippen molar-refractivity contribution in [3.63, 3.8) is 0 Å². The molecule has 0 spiro atoms. The van der Waals surface area contributed by atoms with Crippen LogP contribution in [0.5, 0.6) is 0 Å². The predicted octanol–water partition coefficient (Wildman–Crippen LogP) is 5.94. The molecular formula is C16H37P. The van der Waals surface area contributed by atoms with E-state index in [4.69, 9.17) is 0 Å². The molecule has 17 heavy (non-hydrogen) atoms. The van der Waals surface area contributed by atoms with Crippen LogP contribution in [0.4, 0.5) is 0 Å². The van der Waals surface area contributed by atoms with Gasteiger partial charge >= 0.3 is 111 Å². The van der Waals surface area contributed by atoms with Crippen molar-refractivity contribution in [3.05, 3.63) is 0 Å². The van der Waals surface area contributed by atoms with E-state index in [0.717, 1.165) is 0 Å². The van der Waals surface area contributed by atoms with Crippen LogP contribution in [0.1, 0.15) is 79.1 Å². The molecule has 0 amide bonds. The van der Waals surface area contributed by atoms with Crippen molar-refractivity contribution >= 4 is 7.26 Å². The van der Waals surface area contributed by atoms with E-state index in [1.165, 1.54) is 51.4 Å². The SMILES string of the molecule is CCCCCC[PH](CCC)(CCC)CCCC. The third-order valence-corrected chi connectivity index (χ3v) is 10.1. The average Bonchev–Trinajstić information content (AvgIpc) is 2.33. The zero-order chi connectivity index (χ0) is 13.0. The van der Waals surface area contributed by atoms with Gasteiger partial charge < -0.3 is 0 Å². The molecule has 0 aliphatic rings. The first-order chi connectivity index (χ1) is 8.24. The van der Waals surface area contributed by atoms with Gasteiger partial charge in [0.05, 0.1) is 0 Å². The summed E-state index contributed by atoms with van der Waals surface area (Å²) in [5, 5.41) is 0. The fourth-order valence-electron chi connectivity index (χ4n) is 3.29. The molecule has 0 bridgehead atoms. The van der Waals surface area contributed by atoms with E-state index >= 15 is 0 Å². The molecule has 0 aromatic carbocycles. The van der Waals surface area contributed by atoms with Crippen LogP contribution < -0.4 is 0 Å². The number of rotatable bonds is 12. The molecule has 0 rings (SSSR count). The molecule has 0 aliphatic carbocycles. The van der Waals surface area contributed by atoms with Gasteiger partial charge in [0.25, 0.3) is 0 Å². The fraction of sp³-hybridized carbons (Fsp3) is 1.00. The summed E-state index contributed by atoms with van der Waals surface area (Å²) in [5.41, 5.74) is 0. The van der Waals surface area contributed by atoms with Crippen LogP contribution in [0.25, 0.3) is 0 Å². The second-order valence-corrected chi connectivity index (χ2v) is 10.9. The summed E-state index contributed by atoms with van der Waals surface area (Å²) in [6, 6.07) is 0. The van der Waals surface area contributed by atoms with Crippen LogP contribution in [0.3, 0.4) is 0 Å². The Morgan fingerprint density at radius 2 is 1.00 bits per heavy atom. The summed E-state index contributed by atoms with van der Waals surface area (Å²) >= 11 is 0. The maximum atomic E-state index is 2.40. The molecular weight excluding hydrogens is 223 g/mol. The Hall–Kier alpha value is 0.430. The molecule has 106 valence electrons. The van der Waals surface area contributed by atoms with E-state index in [1.54, 1.807) is 24.6 Å². The second kappa shape index (κ2) is 11.5. The van der Waals surface area contributed by atoms with E-state index in [0.29, 0.717) is 0 Å². The Morgan fingerprint density at radius 3 is 1.47 bits per heavy atom. The van der Waals surface area contributed by atoms with E-state index in [1.807, 2.05) is 0 Å². The van der Waals surface area contributed by atoms with Gasteiger partial charge in [0.2, 0.25) is 0 Å². The number of unbranched alkanes of at least 4 members (excludes halogenated alkanes) is 4. The molecule has 0 radical (unpaired) electrons. The molecule has 1 heteroatoms. The minimum atomic E-state index is -0.866. The molecule has 0 heterocycles. The predicted molar refractivity (Wildman–Crippen MR) is 87.4 cm³/mol. The van der Waals surface area contributed by atoms with Gasteiger partial charge in [-0.05, 0) is 0 Å². The summed E-state index contributed by atoms with van der Waals surface area (Å²) < 4.78 is 0. The quantitative estimate of drug-likeness (QED) is 0.301. The standard InChI is InChI=1S/C16H37P/c1-5-9-11-12-16-17(13-7-3,14-8-4)15-10-6-2/h17H,5-16H2,1-4H3. The Bertz CT molecular complexity index is 148. The molecule has 0 saturated carbocycles. The van der Waals surface area contributed by atoms with Crippen LogP contribution in [0, 0.1) is 0 Å². The molecule has 0 fully saturated rings. The molecule has 0 saturated heterocycles. The van der Waals surface area contributed by atoms with Gasteiger partial charge in [-0.2, -0.15) is 0 Å². The van der Waals surface area contributed by atoms with Crippen LogP contribution in [-0.2, 0) is 0 Å². The van der Waals surface area contributed by atoms with Crippen LogP contribution in [-0.4, -0.2) is 24.6 Å². The van der Waals surface area contributed by atoms with Gasteiger partial charge in [0.1, 0.15) is 0 Å². The monoisotopic (exact) mass is 260 g/mol. The molecule has 0 aromatic rings. The van der Waals surface area contributed by atoms with Gasteiger partial charge in [-0.25, -0.2) is 0 Å². The summed E-state index contributed by atoms with van der Waals surface area (Å²) in [4.78, 5) is 0. The maximum absolute atomic E-state index is 2.40. The van der Waals surface area contributed by atoms with Crippen molar-refractivity contribution in [1.82, 2.24) is 0 Å². The Kier molecular flexibility index (Phi) is 11.8. The summed E-state index contributed by atoms with van der Waals surface area (Å²) in [5.74, 6) is 0. The van der Waals surface area contributed by atoms with E-state index < -0.39 is 7.26 Å². The van der Waals surface area contributed by atoms with Gasteiger partial charge in [-0.15, -0.1) is 0 Å². The van der Waals surface area contributed by atoms with Gasteiger partial charge in [0.15, 0.2) is 0 Å². The Labute approximate surface area is 111 Å². The van der Waals surface area contributed by atoms with Gasteiger partial charge in [0, 0.05) is 0 Å². The summed E-state index contributed by atoms with van der Waals surface area (Å²) in [6.07, 6.45) is 18.1. The first kappa shape index (κ1) is 17.4. The molecule has 0 N–H and O–H groups in total. The van der Waals surface area contributed by atoms with Crippen molar-refractivity contribution in [2.45, 2.75) is 79.1 Å². The third kappa shape index (κ3) is 8.20. The molecule has 0 aliphatic heterocycles. The van der Waals surface area contributed by atoms with Crippen LogP contribution in [0.15, 0.2) is 0 Å². The van der Waals surface area contributed by atoms with Crippen LogP contribution in [0.2, 0.25) is 0 Å². The molecule has 0 atom stereocenters. The fourth-order valence-corrected chi connectivity index (χ4v) is 9.01. The molecule has 0 nitrogen and oxygen atoms in total. The normalized spacial score (nSPS) is 12.9. The van der Waals surface area contributed by atoms with Crippen LogP contribution >= 0.6 is 7.26 Å². The zero-order valence-corrected chi connectivity index (χ0v) is 14.0. The van der Waals surface area contributed by atoms with Crippen molar-refractivity contribution in [2.75, 3.05) is 24.6 Å². The Balaban J connectivity index is 4.20. The average molecular weight is 260 g/mol. The number of hydrogen-bond donors (Lipinski definition) is 0. The summed E-state index contributed by atoms with van der Waals surface area (Å²) in [6.45, 7) is 9.47. The van der Waals surface area contributed by atoms with Gasteiger partial charge in [-0.1, -0.05) is 0 Å². The van der Waals surface area contributed by atoms with E-state index in [2.05, 4.69) is 27.7 Å². The van der Waals surface area contributed by atoms with Gasteiger partial charge in [-0.3, -0.25) is 0 Å². The Morgan fingerprint density at radius 1 is 0.471 bits per heavy atom. The summed E-state index contributed by atoms with van der Waals surface area (Å²) in [7, 11) is -0.866. The number of hydrogen-bond acceptors (Lipinski definition) is 0. The first-order valence-electron chi connectivity index (χ1n) is 8.24. The van der Waals surface area contributed by atoms with E-state index in [-0.39, 0.29) is 0 Å². The van der Waals surface area contributed by atoms with Crippen molar-refractivity contribution in [1.29, 1.82) is 0 Å². The molecule has 0 unspecified atom stereocenters. The molecule has 0 aromatic heterocycles. The van der Waals surface area contributed by atoms with Crippen molar-refractivity contribution in [3.8, 4) is 0 Å². The topological polar surface area (TPSA) is 0 Å².